The van der Waals surface area contributed by atoms with Crippen LogP contribution in [0.4, 0.5) is 17.1 Å². The largest absolute Gasteiger partial charge is 0.370 e. The van der Waals surface area contributed by atoms with Crippen LogP contribution in [0, 0.1) is 0 Å². The smallest absolute Gasteiger partial charge is 0.0993 e. The highest BCUT2D eigenvalue weighted by Crippen LogP contribution is 2.52. The Labute approximate surface area is 442 Å². The molecule has 0 aromatic heterocycles. The number of hydrogen-bond acceptors (Lipinski definition) is 4. The van der Waals surface area contributed by atoms with Crippen molar-refractivity contribution in [3.05, 3.63) is 89.5 Å². The van der Waals surface area contributed by atoms with Gasteiger partial charge < -0.3 is 14.7 Å². The lowest BCUT2D eigenvalue weighted by molar-refractivity contribution is 0.149. The van der Waals surface area contributed by atoms with Crippen LogP contribution in [-0.4, -0.2) is 57.3 Å². The summed E-state index contributed by atoms with van der Waals surface area (Å²) in [6.07, 6.45) is 41.1. The predicted octanol–water partition coefficient (Wildman–Crippen LogP) is 20.3. The fourth-order valence-corrected chi connectivity index (χ4v) is 11.4. The molecule has 0 saturated heterocycles. The van der Waals surface area contributed by atoms with Crippen molar-refractivity contribution in [2.24, 2.45) is 0 Å². The fraction of sp³-hybridized carbons (Fsp3) is 0.731. The third-order valence-electron chi connectivity index (χ3n) is 15.6. The zero-order valence-corrected chi connectivity index (χ0v) is 48.5. The van der Waals surface area contributed by atoms with E-state index in [1.807, 2.05) is 0 Å². The van der Waals surface area contributed by atoms with Gasteiger partial charge in [0.05, 0.1) is 22.6 Å². The molecule has 0 heterocycles. The van der Waals surface area contributed by atoms with Gasteiger partial charge in [-0.05, 0) is 81.6 Å². The minimum absolute atomic E-state index is 0.474. The van der Waals surface area contributed by atoms with Crippen LogP contribution in [0.3, 0.4) is 0 Å². The highest BCUT2D eigenvalue weighted by molar-refractivity contribution is 5.89. The second kappa shape index (κ2) is 40.4. The molecule has 4 heteroatoms. The Morgan fingerprint density at radius 1 is 0.268 bits per heavy atom. The van der Waals surface area contributed by atoms with Gasteiger partial charge in [0.25, 0.3) is 0 Å². The first-order chi connectivity index (χ1) is 35.0. The molecule has 0 spiro atoms. The summed E-state index contributed by atoms with van der Waals surface area (Å²) in [5.41, 5.74) is 8.62. The first-order valence-corrected chi connectivity index (χ1v) is 31.3. The minimum atomic E-state index is -0.474. The lowest BCUT2D eigenvalue weighted by atomic mass is 9.73. The molecule has 0 atom stereocenters. The van der Waals surface area contributed by atoms with E-state index in [0.29, 0.717) is 0 Å². The summed E-state index contributed by atoms with van der Waals surface area (Å²) in [7, 11) is 0. The van der Waals surface area contributed by atoms with E-state index >= 15 is 0 Å². The molecule has 0 bridgehead atoms. The van der Waals surface area contributed by atoms with E-state index in [-0.39, 0.29) is 0 Å². The summed E-state index contributed by atoms with van der Waals surface area (Å²) in [6.45, 7) is 28.0. The van der Waals surface area contributed by atoms with E-state index in [1.165, 1.54) is 228 Å². The molecule has 0 amide bonds. The Balaban J connectivity index is 2.75. The average molecular weight is 978 g/mol. The van der Waals surface area contributed by atoms with E-state index in [2.05, 4.69) is 148 Å². The normalized spacial score (nSPS) is 11.8. The number of hydrogen-bond donors (Lipinski definition) is 0. The second-order valence-electron chi connectivity index (χ2n) is 21.7. The summed E-state index contributed by atoms with van der Waals surface area (Å²) >= 11 is 0. The molecule has 0 fully saturated rings. The van der Waals surface area contributed by atoms with Gasteiger partial charge in [-0.1, -0.05) is 276 Å². The first-order valence-electron chi connectivity index (χ1n) is 31.3. The summed E-state index contributed by atoms with van der Waals surface area (Å²) < 4.78 is 0. The molecule has 0 aliphatic rings. The van der Waals surface area contributed by atoms with Crippen LogP contribution in [0.2, 0.25) is 0 Å². The van der Waals surface area contributed by atoms with Gasteiger partial charge in [0.2, 0.25) is 0 Å². The van der Waals surface area contributed by atoms with Gasteiger partial charge in [-0.3, -0.25) is 4.90 Å². The van der Waals surface area contributed by atoms with Crippen LogP contribution in [0.5, 0.6) is 0 Å². The first kappa shape index (κ1) is 62.3. The molecular weight excluding hydrogens is 861 g/mol. The van der Waals surface area contributed by atoms with Crippen LogP contribution in [-0.2, 0) is 5.54 Å². The summed E-state index contributed by atoms with van der Waals surface area (Å²) in [6, 6.07) is 29.4. The van der Waals surface area contributed by atoms with E-state index in [1.54, 1.807) is 11.4 Å². The topological polar surface area (TPSA) is 13.0 Å². The van der Waals surface area contributed by atoms with Gasteiger partial charge in [-0.2, -0.15) is 0 Å². The summed E-state index contributed by atoms with van der Waals surface area (Å²) in [5.74, 6) is 0. The number of nitrogens with zero attached hydrogens (tertiary/aromatic N) is 4. The third-order valence-corrected chi connectivity index (χ3v) is 15.6. The van der Waals surface area contributed by atoms with E-state index in [4.69, 9.17) is 0 Å². The monoisotopic (exact) mass is 977 g/mol. The zero-order chi connectivity index (χ0) is 51.0. The second-order valence-corrected chi connectivity index (χ2v) is 21.7. The number of benzene rings is 3. The number of anilines is 3. The van der Waals surface area contributed by atoms with Gasteiger partial charge in [-0.25, -0.2) is 0 Å². The lowest BCUT2D eigenvalue weighted by Gasteiger charge is -2.49. The van der Waals surface area contributed by atoms with Gasteiger partial charge in [0, 0.05) is 44.8 Å². The molecule has 0 unspecified atom stereocenters. The van der Waals surface area contributed by atoms with Crippen molar-refractivity contribution in [2.75, 3.05) is 67.1 Å². The Morgan fingerprint density at radius 2 is 0.549 bits per heavy atom. The van der Waals surface area contributed by atoms with Gasteiger partial charge in [0.15, 0.2) is 0 Å². The Bertz CT molecular complexity index is 1570. The van der Waals surface area contributed by atoms with Crippen LogP contribution in [0.25, 0.3) is 0 Å². The highest BCUT2D eigenvalue weighted by atomic mass is 15.3. The van der Waals surface area contributed by atoms with Gasteiger partial charge >= 0.3 is 0 Å². The summed E-state index contributed by atoms with van der Waals surface area (Å²) in [5, 5.41) is 0. The van der Waals surface area contributed by atoms with Crippen molar-refractivity contribution in [3.63, 3.8) is 0 Å². The van der Waals surface area contributed by atoms with E-state index in [0.717, 1.165) is 52.4 Å². The highest BCUT2D eigenvalue weighted by Gasteiger charge is 2.45. The van der Waals surface area contributed by atoms with Crippen LogP contribution in [0.1, 0.15) is 278 Å². The van der Waals surface area contributed by atoms with E-state index < -0.39 is 5.54 Å². The lowest BCUT2D eigenvalue weighted by Crippen LogP contribution is -2.50. The molecule has 0 N–H and O–H groups in total. The van der Waals surface area contributed by atoms with Gasteiger partial charge in [0.1, 0.15) is 0 Å². The summed E-state index contributed by atoms with van der Waals surface area (Å²) in [4.78, 5) is 12.0. The molecule has 3 aromatic carbocycles. The van der Waals surface area contributed by atoms with Crippen LogP contribution >= 0.6 is 0 Å². The molecular formula is C67H116N4. The molecule has 0 radical (unpaired) electrons. The fourth-order valence-electron chi connectivity index (χ4n) is 11.4. The maximum atomic E-state index is 3.04. The predicted molar refractivity (Wildman–Crippen MR) is 321 cm³/mol. The van der Waals surface area contributed by atoms with Crippen molar-refractivity contribution in [2.45, 2.75) is 266 Å². The molecule has 0 aliphatic heterocycles. The van der Waals surface area contributed by atoms with Crippen molar-refractivity contribution in [1.29, 1.82) is 0 Å². The average Bonchev–Trinajstić information content (AvgIpc) is 3.40. The molecule has 0 saturated carbocycles. The number of rotatable bonds is 47. The zero-order valence-electron chi connectivity index (χ0n) is 48.5. The van der Waals surface area contributed by atoms with Crippen molar-refractivity contribution in [1.82, 2.24) is 4.90 Å². The molecule has 71 heavy (non-hydrogen) atoms. The van der Waals surface area contributed by atoms with Crippen molar-refractivity contribution < 1.29 is 0 Å². The minimum Gasteiger partial charge on any atom is -0.370 e. The van der Waals surface area contributed by atoms with E-state index in [9.17, 15) is 0 Å². The van der Waals surface area contributed by atoms with Crippen molar-refractivity contribution >= 4 is 17.1 Å². The number of unbranched alkanes of at least 4 members (excludes halogenated alkanes) is 24. The van der Waals surface area contributed by atoms with Crippen LogP contribution in [0.15, 0.2) is 72.8 Å². The Hall–Kier alpha value is -2.98. The maximum absolute atomic E-state index is 3.04. The SMILES string of the molecule is CCCCCCN(CCCCCC)c1ccc(C(c2ccccc2)(c2ccccc2)N(CCCCCC)CCCCCC)c(N(CCCCCC)CCCCCC)c1N(CCCCCC)CCCCCC. The molecule has 404 valence electrons. The maximum Gasteiger partial charge on any atom is 0.0993 e. The molecule has 4 nitrogen and oxygen atoms in total. The quantitative estimate of drug-likeness (QED) is 0.0413. The van der Waals surface area contributed by atoms with Crippen LogP contribution < -0.4 is 14.7 Å². The van der Waals surface area contributed by atoms with Crippen molar-refractivity contribution in [3.8, 4) is 0 Å². The Kier molecular flexibility index (Phi) is 35.5. The Morgan fingerprint density at radius 3 is 0.859 bits per heavy atom. The molecule has 3 aromatic rings. The third kappa shape index (κ3) is 21.8. The van der Waals surface area contributed by atoms with Gasteiger partial charge in [-0.15, -0.1) is 0 Å². The molecule has 0 aliphatic carbocycles. The standard InChI is InChI=1S/C67H116N4/c1-9-17-25-39-53-68(54-40-26-18-10-2)64-52-51-63(67(61-47-35-33-36-48-61,62-49-37-34-38-50-62)71(59-45-31-23-15-7)60-46-32-24-16-8)65(69(55-41-27-19-11-3)56-42-28-20-12-4)66(64)70(57-43-29-21-13-5)58-44-30-22-14-6/h33-38,47-52H,9-32,39-46,53-60H2,1-8H3. The molecule has 3 rings (SSSR count).